The first-order valence-electron chi connectivity index (χ1n) is 14.8. The molecular formula is C33H40FN3O6S. The van der Waals surface area contributed by atoms with Gasteiger partial charge in [0, 0.05) is 43.6 Å². The number of anilines is 1. The Morgan fingerprint density at radius 3 is 2.34 bits per heavy atom. The third-order valence-electron chi connectivity index (χ3n) is 7.54. The summed E-state index contributed by atoms with van der Waals surface area (Å²) >= 11 is 0. The maximum Gasteiger partial charge on any atom is 0.243 e. The predicted molar refractivity (Wildman–Crippen MR) is 168 cm³/mol. The fourth-order valence-corrected chi connectivity index (χ4v) is 5.95. The van der Waals surface area contributed by atoms with Crippen molar-refractivity contribution in [1.29, 1.82) is 0 Å². The van der Waals surface area contributed by atoms with Gasteiger partial charge in [-0.05, 0) is 43.5 Å². The van der Waals surface area contributed by atoms with Gasteiger partial charge in [0.05, 0.1) is 11.9 Å². The number of ether oxygens (including phenoxy) is 2. The summed E-state index contributed by atoms with van der Waals surface area (Å²) in [6.45, 7) is 4.51. The fraction of sp³-hybridized carbons (Fsp3) is 0.394. The molecule has 0 bridgehead atoms. The van der Waals surface area contributed by atoms with E-state index in [1.807, 2.05) is 44.2 Å². The molecule has 1 aliphatic heterocycles. The highest BCUT2D eigenvalue weighted by molar-refractivity contribution is 7.92. The van der Waals surface area contributed by atoms with Crippen molar-refractivity contribution in [1.82, 2.24) is 10.2 Å². The van der Waals surface area contributed by atoms with Crippen LogP contribution in [0.2, 0.25) is 0 Å². The molecule has 0 fully saturated rings. The molecule has 1 heterocycles. The van der Waals surface area contributed by atoms with Crippen molar-refractivity contribution >= 4 is 27.5 Å². The number of carbonyl (C=O) groups is 2. The van der Waals surface area contributed by atoms with E-state index in [1.54, 1.807) is 36.4 Å². The minimum absolute atomic E-state index is 0.0141. The number of nitrogens with one attached hydrogen (secondary N) is 1. The number of nitrogens with zero attached hydrogens (tertiary/aromatic N) is 2. The zero-order chi connectivity index (χ0) is 31.7. The van der Waals surface area contributed by atoms with Gasteiger partial charge in [-0.25, -0.2) is 12.8 Å². The van der Waals surface area contributed by atoms with Gasteiger partial charge in [0.1, 0.15) is 25.1 Å². The lowest BCUT2D eigenvalue weighted by Gasteiger charge is -2.33. The van der Waals surface area contributed by atoms with Gasteiger partial charge >= 0.3 is 0 Å². The Kier molecular flexibility index (Phi) is 11.2. The van der Waals surface area contributed by atoms with Crippen molar-refractivity contribution in [3.63, 3.8) is 0 Å². The van der Waals surface area contributed by atoms with Crippen molar-refractivity contribution in [2.24, 2.45) is 0 Å². The number of fused-ring (bicyclic) bond motifs is 1. The predicted octanol–water partition coefficient (Wildman–Crippen LogP) is 4.70. The number of hydrogen-bond donors (Lipinski definition) is 1. The molecule has 0 aromatic heterocycles. The van der Waals surface area contributed by atoms with Crippen molar-refractivity contribution in [3.8, 4) is 11.5 Å². The van der Waals surface area contributed by atoms with E-state index >= 15 is 0 Å². The Labute approximate surface area is 259 Å². The van der Waals surface area contributed by atoms with Crippen LogP contribution in [0.4, 0.5) is 10.1 Å². The van der Waals surface area contributed by atoms with Gasteiger partial charge in [0.2, 0.25) is 21.8 Å². The standard InChI is InChI=1S/C33H40FN3O6S/c1-4-24(2)35-33(39)29(21-25-11-6-5-7-12-25)36(23-26-13-8-9-14-28(26)34)32(38)15-10-18-37(44(3,40)41)27-16-17-30-31(22-27)43-20-19-42-30/h5-9,11-14,16-17,22,24,29H,4,10,15,18-21,23H2,1-3H3,(H,35,39)/t24-,29-/m1/s1. The SMILES string of the molecule is CC[C@@H](C)NC(=O)[C@@H](Cc1ccccc1)N(Cc1ccccc1F)C(=O)CCCN(c1ccc2c(c1)OCCO2)S(C)(=O)=O. The molecule has 236 valence electrons. The molecule has 1 aliphatic rings. The van der Waals surface area contributed by atoms with Gasteiger partial charge in [-0.2, -0.15) is 0 Å². The number of sulfonamides is 1. The first kappa shape index (κ1) is 32.8. The van der Waals surface area contributed by atoms with Gasteiger partial charge in [-0.15, -0.1) is 0 Å². The van der Waals surface area contributed by atoms with E-state index in [0.717, 1.165) is 11.8 Å². The summed E-state index contributed by atoms with van der Waals surface area (Å²) in [6, 6.07) is 19.4. The Balaban J connectivity index is 1.59. The van der Waals surface area contributed by atoms with Gasteiger partial charge in [-0.3, -0.25) is 13.9 Å². The van der Waals surface area contributed by atoms with E-state index < -0.39 is 21.9 Å². The van der Waals surface area contributed by atoms with Gasteiger partial charge < -0.3 is 19.7 Å². The summed E-state index contributed by atoms with van der Waals surface area (Å²) in [5, 5.41) is 2.99. The fourth-order valence-electron chi connectivity index (χ4n) is 5.00. The summed E-state index contributed by atoms with van der Waals surface area (Å²) < 4.78 is 52.8. The van der Waals surface area contributed by atoms with Gasteiger partial charge in [-0.1, -0.05) is 55.5 Å². The van der Waals surface area contributed by atoms with Crippen LogP contribution >= 0.6 is 0 Å². The summed E-state index contributed by atoms with van der Waals surface area (Å²) in [4.78, 5) is 29.0. The molecule has 0 saturated heterocycles. The molecule has 0 unspecified atom stereocenters. The number of halogens is 1. The maximum atomic E-state index is 14.8. The highest BCUT2D eigenvalue weighted by atomic mass is 32.2. The molecular weight excluding hydrogens is 585 g/mol. The number of benzene rings is 3. The van der Waals surface area contributed by atoms with Gasteiger partial charge in [0.25, 0.3) is 0 Å². The van der Waals surface area contributed by atoms with E-state index in [1.165, 1.54) is 15.3 Å². The maximum absolute atomic E-state index is 14.8. The van der Waals surface area contributed by atoms with Crippen molar-refractivity contribution in [3.05, 3.63) is 89.7 Å². The second kappa shape index (κ2) is 15.1. The number of rotatable bonds is 14. The third-order valence-corrected chi connectivity index (χ3v) is 8.73. The van der Waals surface area contributed by atoms with E-state index in [4.69, 9.17) is 9.47 Å². The quantitative estimate of drug-likeness (QED) is 0.279. The lowest BCUT2D eigenvalue weighted by molar-refractivity contribution is -0.141. The van der Waals surface area contributed by atoms with Crippen molar-refractivity contribution < 1.29 is 31.9 Å². The molecule has 2 amide bonds. The summed E-state index contributed by atoms with van der Waals surface area (Å²) in [6.07, 6.45) is 2.14. The zero-order valence-corrected chi connectivity index (χ0v) is 26.2. The average molecular weight is 626 g/mol. The highest BCUT2D eigenvalue weighted by Crippen LogP contribution is 2.35. The van der Waals surface area contributed by atoms with E-state index in [0.29, 0.717) is 36.8 Å². The van der Waals surface area contributed by atoms with Crippen LogP contribution in [0.5, 0.6) is 11.5 Å². The second-order valence-corrected chi connectivity index (χ2v) is 12.8. The molecule has 4 rings (SSSR count). The number of hydrogen-bond acceptors (Lipinski definition) is 6. The zero-order valence-electron chi connectivity index (χ0n) is 25.4. The van der Waals surface area contributed by atoms with Crippen LogP contribution < -0.4 is 19.1 Å². The van der Waals surface area contributed by atoms with Crippen molar-refractivity contribution in [2.75, 3.05) is 30.3 Å². The molecule has 11 heteroatoms. The highest BCUT2D eigenvalue weighted by Gasteiger charge is 2.31. The summed E-state index contributed by atoms with van der Waals surface area (Å²) in [5.74, 6) is -0.211. The molecule has 0 saturated carbocycles. The summed E-state index contributed by atoms with van der Waals surface area (Å²) in [7, 11) is -3.71. The van der Waals surface area contributed by atoms with Crippen LogP contribution in [0, 0.1) is 5.82 Å². The van der Waals surface area contributed by atoms with Crippen LogP contribution in [0.1, 0.15) is 44.2 Å². The molecule has 2 atom stereocenters. The van der Waals surface area contributed by atoms with E-state index in [9.17, 15) is 22.4 Å². The summed E-state index contributed by atoms with van der Waals surface area (Å²) in [5.41, 5.74) is 1.52. The Bertz CT molecular complexity index is 1540. The minimum Gasteiger partial charge on any atom is -0.486 e. The largest absolute Gasteiger partial charge is 0.486 e. The molecule has 0 radical (unpaired) electrons. The topological polar surface area (TPSA) is 105 Å². The van der Waals surface area contributed by atoms with Crippen LogP contribution in [-0.4, -0.2) is 63.2 Å². The first-order chi connectivity index (χ1) is 21.1. The Hall–Kier alpha value is -4.12. The monoisotopic (exact) mass is 625 g/mol. The number of amides is 2. The molecule has 9 nitrogen and oxygen atoms in total. The molecule has 3 aromatic carbocycles. The minimum atomic E-state index is -3.71. The van der Waals surface area contributed by atoms with Crippen LogP contribution in [0.15, 0.2) is 72.8 Å². The Morgan fingerprint density at radius 2 is 1.66 bits per heavy atom. The smallest absolute Gasteiger partial charge is 0.243 e. The lowest BCUT2D eigenvalue weighted by Crippen LogP contribution is -2.52. The van der Waals surface area contributed by atoms with E-state index in [2.05, 4.69) is 5.32 Å². The molecule has 1 N–H and O–H groups in total. The molecule has 3 aromatic rings. The van der Waals surface area contributed by atoms with E-state index in [-0.39, 0.29) is 55.8 Å². The average Bonchev–Trinajstić information content (AvgIpc) is 3.01. The second-order valence-electron chi connectivity index (χ2n) is 10.9. The molecule has 0 spiro atoms. The Morgan fingerprint density at radius 1 is 0.977 bits per heavy atom. The molecule has 0 aliphatic carbocycles. The molecule has 44 heavy (non-hydrogen) atoms. The first-order valence-corrected chi connectivity index (χ1v) is 16.7. The normalized spacial score (nSPS) is 13.9. The van der Waals surface area contributed by atoms with Crippen molar-refractivity contribution in [2.45, 2.75) is 58.2 Å². The van der Waals surface area contributed by atoms with Crippen LogP contribution in [0.25, 0.3) is 0 Å². The van der Waals surface area contributed by atoms with Crippen LogP contribution in [0.3, 0.4) is 0 Å². The number of carbonyl (C=O) groups excluding carboxylic acids is 2. The van der Waals surface area contributed by atoms with Crippen LogP contribution in [-0.2, 0) is 32.6 Å². The lowest BCUT2D eigenvalue weighted by atomic mass is 10.0. The third kappa shape index (κ3) is 8.72. The van der Waals surface area contributed by atoms with Gasteiger partial charge in [0.15, 0.2) is 11.5 Å².